The minimum absolute atomic E-state index is 0.206. The summed E-state index contributed by atoms with van der Waals surface area (Å²) in [7, 11) is 0. The van der Waals surface area contributed by atoms with Crippen LogP contribution in [0.1, 0.15) is 19.8 Å². The number of alkyl halides is 3. The number of carbonyl (C=O) groups excluding carboxylic acids is 1. The van der Waals surface area contributed by atoms with Gasteiger partial charge in [-0.05, 0) is 49.7 Å². The molecule has 0 aliphatic carbocycles. The van der Waals surface area contributed by atoms with E-state index >= 15 is 0 Å². The summed E-state index contributed by atoms with van der Waals surface area (Å²) in [6.45, 7) is 2.73. The van der Waals surface area contributed by atoms with Gasteiger partial charge in [0, 0.05) is 12.1 Å². The van der Waals surface area contributed by atoms with Gasteiger partial charge in [0.05, 0.1) is 13.2 Å². The molecule has 0 heterocycles. The fourth-order valence-corrected chi connectivity index (χ4v) is 2.22. The molecule has 0 fully saturated rings. The van der Waals surface area contributed by atoms with Gasteiger partial charge in [0.2, 0.25) is 5.91 Å². The molecule has 2 aromatic rings. The standard InChI is InChI=1S/C19H20F3NO4/c1-2-25-16-6-3-4-7-17(16)26-13-5-8-18(24)23-14-9-11-15(12-10-14)27-19(20,21)22/h3-4,6-7,9-12H,2,5,8,13H2,1H3,(H,23,24). The van der Waals surface area contributed by atoms with Crippen molar-refractivity contribution < 1.29 is 32.2 Å². The average molecular weight is 383 g/mol. The highest BCUT2D eigenvalue weighted by Gasteiger charge is 2.30. The third-order valence-electron chi connectivity index (χ3n) is 3.33. The van der Waals surface area contributed by atoms with Crippen LogP contribution in [0.15, 0.2) is 48.5 Å². The maximum Gasteiger partial charge on any atom is 0.573 e. The summed E-state index contributed by atoms with van der Waals surface area (Å²) in [4.78, 5) is 11.9. The summed E-state index contributed by atoms with van der Waals surface area (Å²) in [5.74, 6) is 0.647. The Morgan fingerprint density at radius 2 is 1.63 bits per heavy atom. The van der Waals surface area contributed by atoms with E-state index in [1.165, 1.54) is 12.1 Å². The highest BCUT2D eigenvalue weighted by molar-refractivity contribution is 5.90. The van der Waals surface area contributed by atoms with Crippen molar-refractivity contribution in [3.05, 3.63) is 48.5 Å². The predicted octanol–water partition coefficient (Wildman–Crippen LogP) is 4.78. The van der Waals surface area contributed by atoms with Crippen molar-refractivity contribution in [3.63, 3.8) is 0 Å². The van der Waals surface area contributed by atoms with Gasteiger partial charge in [-0.15, -0.1) is 13.2 Å². The summed E-state index contributed by atoms with van der Waals surface area (Å²) in [5, 5.41) is 2.61. The van der Waals surface area contributed by atoms with E-state index in [-0.39, 0.29) is 18.1 Å². The molecule has 146 valence electrons. The summed E-state index contributed by atoms with van der Waals surface area (Å²) in [5.41, 5.74) is 0.386. The predicted molar refractivity (Wildman–Crippen MR) is 94.1 cm³/mol. The van der Waals surface area contributed by atoms with Crippen LogP contribution in [0.25, 0.3) is 0 Å². The highest BCUT2D eigenvalue weighted by atomic mass is 19.4. The van der Waals surface area contributed by atoms with Gasteiger partial charge in [0.1, 0.15) is 5.75 Å². The van der Waals surface area contributed by atoms with Gasteiger partial charge in [-0.1, -0.05) is 12.1 Å². The fraction of sp³-hybridized carbons (Fsp3) is 0.316. The summed E-state index contributed by atoms with van der Waals surface area (Å²) in [6.07, 6.45) is -4.06. The lowest BCUT2D eigenvalue weighted by Crippen LogP contribution is -2.17. The molecule has 2 aromatic carbocycles. The Balaban J connectivity index is 1.73. The van der Waals surface area contributed by atoms with E-state index in [2.05, 4.69) is 10.1 Å². The monoisotopic (exact) mass is 383 g/mol. The minimum Gasteiger partial charge on any atom is -0.490 e. The first-order chi connectivity index (χ1) is 12.9. The lowest BCUT2D eigenvalue weighted by molar-refractivity contribution is -0.274. The number of anilines is 1. The largest absolute Gasteiger partial charge is 0.573 e. The zero-order valence-electron chi connectivity index (χ0n) is 14.7. The Morgan fingerprint density at radius 1 is 1.00 bits per heavy atom. The molecule has 0 aliphatic rings. The van der Waals surface area contributed by atoms with Crippen LogP contribution in [0.4, 0.5) is 18.9 Å². The average Bonchev–Trinajstić information content (AvgIpc) is 2.61. The van der Waals surface area contributed by atoms with Crippen molar-refractivity contribution in [2.75, 3.05) is 18.5 Å². The third kappa shape index (κ3) is 7.47. The van der Waals surface area contributed by atoms with Crippen LogP contribution < -0.4 is 19.5 Å². The second-order valence-electron chi connectivity index (χ2n) is 5.45. The molecule has 0 spiro atoms. The molecule has 5 nitrogen and oxygen atoms in total. The third-order valence-corrected chi connectivity index (χ3v) is 3.33. The topological polar surface area (TPSA) is 56.8 Å². The van der Waals surface area contributed by atoms with Crippen molar-refractivity contribution >= 4 is 11.6 Å². The molecular formula is C19H20F3NO4. The first-order valence-corrected chi connectivity index (χ1v) is 8.37. The number of halogens is 3. The van der Waals surface area contributed by atoms with Crippen molar-refractivity contribution in [2.45, 2.75) is 26.1 Å². The van der Waals surface area contributed by atoms with Gasteiger partial charge in [-0.25, -0.2) is 0 Å². The van der Waals surface area contributed by atoms with Gasteiger partial charge in [-0.2, -0.15) is 0 Å². The molecular weight excluding hydrogens is 363 g/mol. The van der Waals surface area contributed by atoms with Gasteiger partial charge in [0.15, 0.2) is 11.5 Å². The Morgan fingerprint density at radius 3 is 2.22 bits per heavy atom. The molecule has 2 rings (SSSR count). The molecule has 0 radical (unpaired) electrons. The van der Waals surface area contributed by atoms with Crippen LogP contribution in [-0.2, 0) is 4.79 Å². The van der Waals surface area contributed by atoms with E-state index in [4.69, 9.17) is 9.47 Å². The van der Waals surface area contributed by atoms with E-state index < -0.39 is 6.36 Å². The van der Waals surface area contributed by atoms with Crippen molar-refractivity contribution in [3.8, 4) is 17.2 Å². The maximum atomic E-state index is 12.1. The van der Waals surface area contributed by atoms with Crippen LogP contribution >= 0.6 is 0 Å². The summed E-state index contributed by atoms with van der Waals surface area (Å²) in [6, 6.07) is 12.2. The van der Waals surface area contributed by atoms with E-state index in [0.717, 1.165) is 12.1 Å². The molecule has 0 aliphatic heterocycles. The smallest absolute Gasteiger partial charge is 0.490 e. The van der Waals surface area contributed by atoms with E-state index in [1.54, 1.807) is 12.1 Å². The van der Waals surface area contributed by atoms with E-state index in [1.807, 2.05) is 19.1 Å². The van der Waals surface area contributed by atoms with Crippen LogP contribution in [0.5, 0.6) is 17.2 Å². The van der Waals surface area contributed by atoms with Gasteiger partial charge in [0.25, 0.3) is 0 Å². The Labute approximate surface area is 155 Å². The summed E-state index contributed by atoms with van der Waals surface area (Å²) >= 11 is 0. The lowest BCUT2D eigenvalue weighted by atomic mass is 10.2. The van der Waals surface area contributed by atoms with Gasteiger partial charge >= 0.3 is 6.36 Å². The Bertz CT molecular complexity index is 732. The van der Waals surface area contributed by atoms with Crippen LogP contribution in [-0.4, -0.2) is 25.5 Å². The molecule has 27 heavy (non-hydrogen) atoms. The zero-order chi connectivity index (χ0) is 19.7. The Kier molecular flexibility index (Phi) is 7.34. The zero-order valence-corrected chi connectivity index (χ0v) is 14.7. The van der Waals surface area contributed by atoms with Crippen molar-refractivity contribution in [1.29, 1.82) is 0 Å². The van der Waals surface area contributed by atoms with Gasteiger partial charge in [-0.3, -0.25) is 4.79 Å². The highest BCUT2D eigenvalue weighted by Crippen LogP contribution is 2.26. The number of para-hydroxylation sites is 2. The quantitative estimate of drug-likeness (QED) is 0.633. The van der Waals surface area contributed by atoms with Crippen LogP contribution in [0, 0.1) is 0 Å². The molecule has 0 saturated carbocycles. The Hall–Kier alpha value is -2.90. The second kappa shape index (κ2) is 9.70. The van der Waals surface area contributed by atoms with Crippen LogP contribution in [0.2, 0.25) is 0 Å². The lowest BCUT2D eigenvalue weighted by Gasteiger charge is -2.12. The SMILES string of the molecule is CCOc1ccccc1OCCCC(=O)Nc1ccc(OC(F)(F)F)cc1. The van der Waals surface area contributed by atoms with Gasteiger partial charge < -0.3 is 19.5 Å². The minimum atomic E-state index is -4.74. The second-order valence-corrected chi connectivity index (χ2v) is 5.45. The molecule has 0 aromatic heterocycles. The van der Waals surface area contributed by atoms with Crippen LogP contribution in [0.3, 0.4) is 0 Å². The fourth-order valence-electron chi connectivity index (χ4n) is 2.22. The number of carbonyl (C=O) groups is 1. The molecule has 1 N–H and O–H groups in total. The molecule has 8 heteroatoms. The number of rotatable bonds is 9. The maximum absolute atomic E-state index is 12.1. The molecule has 0 saturated heterocycles. The number of hydrogen-bond acceptors (Lipinski definition) is 4. The first kappa shape index (κ1) is 20.4. The molecule has 1 amide bonds. The summed E-state index contributed by atoms with van der Waals surface area (Å²) < 4.78 is 51.2. The number of hydrogen-bond donors (Lipinski definition) is 1. The normalized spacial score (nSPS) is 11.0. The number of nitrogens with one attached hydrogen (secondary N) is 1. The number of ether oxygens (including phenoxy) is 3. The van der Waals surface area contributed by atoms with Crippen molar-refractivity contribution in [2.24, 2.45) is 0 Å². The number of amides is 1. The first-order valence-electron chi connectivity index (χ1n) is 8.37. The molecule has 0 atom stereocenters. The molecule has 0 unspecified atom stereocenters. The van der Waals surface area contributed by atoms with E-state index in [9.17, 15) is 18.0 Å². The van der Waals surface area contributed by atoms with E-state index in [0.29, 0.717) is 36.8 Å². The number of benzene rings is 2. The molecule has 0 bridgehead atoms. The van der Waals surface area contributed by atoms with Crippen molar-refractivity contribution in [1.82, 2.24) is 0 Å².